The van der Waals surface area contributed by atoms with Crippen LogP contribution in [-0.4, -0.2) is 29.4 Å². The van der Waals surface area contributed by atoms with Crippen LogP contribution < -0.4 is 0 Å². The smallest absolute Gasteiger partial charge is 0.175 e. The molecule has 7 heteroatoms. The zero-order chi connectivity index (χ0) is 23.0. The maximum atomic E-state index is 14.8. The molecule has 5 nitrogen and oxygen atoms in total. The first kappa shape index (κ1) is 21.9. The maximum Gasteiger partial charge on any atom is 0.175 e. The van der Waals surface area contributed by atoms with E-state index in [1.54, 1.807) is 24.3 Å². The average molecular weight is 450 g/mol. The van der Waals surface area contributed by atoms with Crippen LogP contribution in [0.3, 0.4) is 0 Å². The highest BCUT2D eigenvalue weighted by Crippen LogP contribution is 2.35. The van der Waals surface area contributed by atoms with E-state index in [2.05, 4.69) is 4.98 Å². The predicted molar refractivity (Wildman–Crippen MR) is 125 cm³/mol. The summed E-state index contributed by atoms with van der Waals surface area (Å²) in [5.74, 6) is -0.382. The van der Waals surface area contributed by atoms with Crippen molar-refractivity contribution in [1.29, 1.82) is 0 Å². The highest BCUT2D eigenvalue weighted by atomic mass is 32.2. The van der Waals surface area contributed by atoms with Crippen LogP contribution in [0, 0.1) is 12.7 Å². The third-order valence-electron chi connectivity index (χ3n) is 5.26. The summed E-state index contributed by atoms with van der Waals surface area (Å²) in [4.78, 5) is 4.82. The van der Waals surface area contributed by atoms with Crippen LogP contribution in [-0.2, 0) is 9.84 Å². The Morgan fingerprint density at radius 1 is 0.938 bits per heavy atom. The monoisotopic (exact) mass is 449 g/mol. The predicted octanol–water partition coefficient (Wildman–Crippen LogP) is 5.71. The molecule has 2 aromatic carbocycles. The lowest BCUT2D eigenvalue weighted by Crippen LogP contribution is -2.01. The first-order valence-electron chi connectivity index (χ1n) is 10.3. The van der Waals surface area contributed by atoms with E-state index < -0.39 is 9.84 Å². The summed E-state index contributed by atoms with van der Waals surface area (Å²) < 4.78 is 40.1. The fraction of sp³-hybridized carbons (Fsp3) is 0.200. The molecule has 2 heterocycles. The van der Waals surface area contributed by atoms with Crippen molar-refractivity contribution in [3.63, 3.8) is 0 Å². The van der Waals surface area contributed by atoms with Gasteiger partial charge in [-0.3, -0.25) is 9.67 Å². The van der Waals surface area contributed by atoms with E-state index >= 15 is 0 Å². The van der Waals surface area contributed by atoms with Gasteiger partial charge in [-0.15, -0.1) is 0 Å². The number of nitrogens with zero attached hydrogens (tertiary/aromatic N) is 3. The number of benzene rings is 2. The lowest BCUT2D eigenvalue weighted by Gasteiger charge is -2.09. The van der Waals surface area contributed by atoms with E-state index in [0.717, 1.165) is 34.5 Å². The first-order chi connectivity index (χ1) is 15.1. The van der Waals surface area contributed by atoms with E-state index in [1.165, 1.54) is 18.2 Å². The van der Waals surface area contributed by atoms with Gasteiger partial charge in [0.25, 0.3) is 0 Å². The molecule has 32 heavy (non-hydrogen) atoms. The molecule has 4 rings (SSSR count). The topological polar surface area (TPSA) is 64.8 Å². The molecule has 0 bridgehead atoms. The quantitative estimate of drug-likeness (QED) is 0.391. The van der Waals surface area contributed by atoms with Crippen LogP contribution in [0.1, 0.15) is 25.6 Å². The number of pyridine rings is 1. The van der Waals surface area contributed by atoms with Gasteiger partial charge < -0.3 is 0 Å². The summed E-state index contributed by atoms with van der Waals surface area (Å²) in [6, 6.07) is 17.1. The Bertz CT molecular complexity index is 1390. The molecule has 0 spiro atoms. The second kappa shape index (κ2) is 8.31. The van der Waals surface area contributed by atoms with Gasteiger partial charge in [0.15, 0.2) is 9.84 Å². The van der Waals surface area contributed by atoms with E-state index in [1.807, 2.05) is 49.8 Å². The number of hydrogen-bond donors (Lipinski definition) is 0. The highest BCUT2D eigenvalue weighted by molar-refractivity contribution is 7.90. The SMILES string of the molecule is Cc1cccc(-c2nn(C(C)C)cc2-c2ccc(F)c(-c3ccc(S(C)(=O)=O)cc3)c2)n1. The third kappa shape index (κ3) is 4.34. The molecule has 0 atom stereocenters. The van der Waals surface area contributed by atoms with Crippen molar-refractivity contribution in [2.45, 2.75) is 31.7 Å². The summed E-state index contributed by atoms with van der Waals surface area (Å²) in [6.45, 7) is 6.02. The Kier molecular flexibility index (Phi) is 5.69. The summed E-state index contributed by atoms with van der Waals surface area (Å²) in [5.41, 5.74) is 5.02. The standard InChI is InChI=1S/C25H24FN3O2S/c1-16(2)29-15-22(25(28-29)24-7-5-6-17(3)27-24)19-10-13-23(26)21(14-19)18-8-11-20(12-9-18)32(4,30)31/h5-16H,1-4H3. The van der Waals surface area contributed by atoms with Crippen molar-refractivity contribution in [3.05, 3.63) is 78.4 Å². The van der Waals surface area contributed by atoms with Gasteiger partial charge in [-0.1, -0.05) is 24.3 Å². The van der Waals surface area contributed by atoms with Crippen molar-refractivity contribution >= 4 is 9.84 Å². The number of hydrogen-bond acceptors (Lipinski definition) is 4. The second-order valence-electron chi connectivity index (χ2n) is 8.12. The molecule has 0 saturated carbocycles. The van der Waals surface area contributed by atoms with Crippen molar-refractivity contribution in [1.82, 2.24) is 14.8 Å². The van der Waals surface area contributed by atoms with Crippen LogP contribution in [0.5, 0.6) is 0 Å². The Labute approximate surface area is 187 Å². The van der Waals surface area contributed by atoms with Crippen LogP contribution in [0.15, 0.2) is 71.8 Å². The lowest BCUT2D eigenvalue weighted by molar-refractivity contribution is 0.534. The summed E-state index contributed by atoms with van der Waals surface area (Å²) in [5, 5.41) is 4.75. The molecule has 0 radical (unpaired) electrons. The number of aryl methyl sites for hydroxylation is 1. The second-order valence-corrected chi connectivity index (χ2v) is 10.1. The van der Waals surface area contributed by atoms with Crippen LogP contribution in [0.2, 0.25) is 0 Å². The van der Waals surface area contributed by atoms with Crippen LogP contribution >= 0.6 is 0 Å². The van der Waals surface area contributed by atoms with Gasteiger partial charge in [-0.05, 0) is 68.3 Å². The molecule has 0 fully saturated rings. The maximum absolute atomic E-state index is 14.8. The zero-order valence-corrected chi connectivity index (χ0v) is 19.2. The molecule has 4 aromatic rings. The molecule has 0 amide bonds. The van der Waals surface area contributed by atoms with Gasteiger partial charge in [0.2, 0.25) is 0 Å². The third-order valence-corrected chi connectivity index (χ3v) is 6.39. The number of rotatable bonds is 5. The lowest BCUT2D eigenvalue weighted by atomic mass is 9.98. The van der Waals surface area contributed by atoms with E-state index in [4.69, 9.17) is 5.10 Å². The Hall–Kier alpha value is -3.32. The number of sulfone groups is 1. The molecule has 0 saturated heterocycles. The molecule has 0 N–H and O–H groups in total. The minimum Gasteiger partial charge on any atom is -0.269 e. The molecule has 0 aliphatic carbocycles. The van der Waals surface area contributed by atoms with Gasteiger partial charge in [0, 0.05) is 35.3 Å². The zero-order valence-electron chi connectivity index (χ0n) is 18.4. The summed E-state index contributed by atoms with van der Waals surface area (Å²) in [7, 11) is -3.32. The Morgan fingerprint density at radius 3 is 2.25 bits per heavy atom. The van der Waals surface area contributed by atoms with Gasteiger partial charge in [0.1, 0.15) is 11.5 Å². The molecule has 0 aliphatic rings. The fourth-order valence-corrected chi connectivity index (χ4v) is 4.16. The van der Waals surface area contributed by atoms with Gasteiger partial charge in [-0.25, -0.2) is 12.8 Å². The van der Waals surface area contributed by atoms with Crippen molar-refractivity contribution < 1.29 is 12.8 Å². The summed E-state index contributed by atoms with van der Waals surface area (Å²) in [6.07, 6.45) is 3.10. The molecular weight excluding hydrogens is 425 g/mol. The van der Waals surface area contributed by atoms with Crippen molar-refractivity contribution in [2.75, 3.05) is 6.26 Å². The largest absolute Gasteiger partial charge is 0.269 e. The fourth-order valence-electron chi connectivity index (χ4n) is 3.53. The van der Waals surface area contributed by atoms with Gasteiger partial charge >= 0.3 is 0 Å². The van der Waals surface area contributed by atoms with Crippen molar-refractivity contribution in [3.8, 4) is 33.6 Å². The van der Waals surface area contributed by atoms with Crippen LogP contribution in [0.25, 0.3) is 33.6 Å². The molecule has 2 aromatic heterocycles. The molecule has 0 aliphatic heterocycles. The molecule has 0 unspecified atom stereocenters. The van der Waals surface area contributed by atoms with E-state index in [0.29, 0.717) is 11.1 Å². The number of aromatic nitrogens is 3. The first-order valence-corrected chi connectivity index (χ1v) is 12.2. The minimum atomic E-state index is -3.32. The highest BCUT2D eigenvalue weighted by Gasteiger charge is 2.18. The average Bonchev–Trinajstić information content (AvgIpc) is 3.19. The normalized spacial score (nSPS) is 11.8. The van der Waals surface area contributed by atoms with E-state index in [-0.39, 0.29) is 16.8 Å². The van der Waals surface area contributed by atoms with Gasteiger partial charge in [-0.2, -0.15) is 5.10 Å². The number of halogens is 1. The summed E-state index contributed by atoms with van der Waals surface area (Å²) >= 11 is 0. The van der Waals surface area contributed by atoms with Crippen molar-refractivity contribution in [2.24, 2.45) is 0 Å². The minimum absolute atomic E-state index is 0.149. The van der Waals surface area contributed by atoms with Gasteiger partial charge in [0.05, 0.1) is 10.6 Å². The Morgan fingerprint density at radius 2 is 1.62 bits per heavy atom. The van der Waals surface area contributed by atoms with Crippen LogP contribution in [0.4, 0.5) is 4.39 Å². The molecular formula is C25H24FN3O2S. The van der Waals surface area contributed by atoms with E-state index in [9.17, 15) is 12.8 Å². The molecule has 164 valence electrons. The Balaban J connectivity index is 1.85.